The number of aromatic nitrogens is 1. The quantitative estimate of drug-likeness (QED) is 0.399. The van der Waals surface area contributed by atoms with Gasteiger partial charge in [0.05, 0.1) is 13.0 Å². The molecule has 1 aliphatic carbocycles. The lowest BCUT2D eigenvalue weighted by molar-refractivity contribution is -0.146. The molecule has 0 aliphatic heterocycles. The van der Waals surface area contributed by atoms with Crippen LogP contribution in [-0.4, -0.2) is 29.0 Å². The Labute approximate surface area is 116 Å². The van der Waals surface area contributed by atoms with Gasteiger partial charge >= 0.3 is 5.97 Å². The maximum atomic E-state index is 13.7. The van der Waals surface area contributed by atoms with Crippen LogP contribution in [0.25, 0.3) is 0 Å². The van der Waals surface area contributed by atoms with E-state index in [9.17, 15) is 9.18 Å². The summed E-state index contributed by atoms with van der Waals surface area (Å²) in [5, 5.41) is 12.4. The third kappa shape index (κ3) is 2.95. The normalized spacial score (nSPS) is 23.4. The van der Waals surface area contributed by atoms with Crippen LogP contribution in [0.4, 0.5) is 4.39 Å². The van der Waals surface area contributed by atoms with Crippen LogP contribution in [0.15, 0.2) is 23.5 Å². The van der Waals surface area contributed by atoms with E-state index in [2.05, 4.69) is 10.1 Å². The molecule has 1 saturated carbocycles. The van der Waals surface area contributed by atoms with Crippen LogP contribution in [0.2, 0.25) is 0 Å². The van der Waals surface area contributed by atoms with Gasteiger partial charge in [-0.2, -0.15) is 0 Å². The number of rotatable bonds is 3. The van der Waals surface area contributed by atoms with E-state index < -0.39 is 5.82 Å². The summed E-state index contributed by atoms with van der Waals surface area (Å²) in [7, 11) is 1.37. The molecular formula is C14H17FN2O3. The number of oxime groups is 1. The number of ether oxygens (including phenoxy) is 1. The monoisotopic (exact) mass is 280 g/mol. The van der Waals surface area contributed by atoms with Gasteiger partial charge in [-0.15, -0.1) is 0 Å². The Hall–Kier alpha value is -1.98. The lowest BCUT2D eigenvalue weighted by Crippen LogP contribution is -2.28. The zero-order valence-corrected chi connectivity index (χ0v) is 11.3. The number of halogens is 1. The molecule has 5 nitrogen and oxygen atoms in total. The number of hydrogen-bond acceptors (Lipinski definition) is 5. The number of hydrogen-bond donors (Lipinski definition) is 1. The van der Waals surface area contributed by atoms with Crippen LogP contribution >= 0.6 is 0 Å². The molecule has 2 rings (SSSR count). The number of carbonyl (C=O) groups excluding carboxylic acids is 1. The summed E-state index contributed by atoms with van der Waals surface area (Å²) in [5.41, 5.74) is 0.336. The van der Waals surface area contributed by atoms with E-state index in [4.69, 9.17) is 9.94 Å². The van der Waals surface area contributed by atoms with E-state index in [1.54, 1.807) is 0 Å². The second kappa shape index (κ2) is 6.45. The van der Waals surface area contributed by atoms with Crippen LogP contribution < -0.4 is 0 Å². The molecule has 108 valence electrons. The summed E-state index contributed by atoms with van der Waals surface area (Å²) in [6, 6.07) is 2.77. The molecule has 1 N–H and O–H groups in total. The van der Waals surface area contributed by atoms with Crippen molar-refractivity contribution in [3.63, 3.8) is 0 Å². The first-order valence-corrected chi connectivity index (χ1v) is 6.58. The topological polar surface area (TPSA) is 71.8 Å². The van der Waals surface area contributed by atoms with Crippen LogP contribution in [0.1, 0.15) is 31.4 Å². The molecule has 20 heavy (non-hydrogen) atoms. The summed E-state index contributed by atoms with van der Waals surface area (Å²) in [6.45, 7) is 0. The Morgan fingerprint density at radius 3 is 2.60 bits per heavy atom. The molecule has 1 aromatic rings. The fraction of sp³-hybridized carbons (Fsp3) is 0.500. The average Bonchev–Trinajstić information content (AvgIpc) is 2.50. The van der Waals surface area contributed by atoms with Gasteiger partial charge in [-0.25, -0.2) is 4.39 Å². The third-order valence-electron chi connectivity index (χ3n) is 3.76. The van der Waals surface area contributed by atoms with Gasteiger partial charge in [-0.05, 0) is 37.8 Å². The first-order chi connectivity index (χ1) is 9.67. The molecule has 0 amide bonds. The number of esters is 1. The fourth-order valence-electron chi connectivity index (χ4n) is 2.67. The highest BCUT2D eigenvalue weighted by atomic mass is 19.1. The van der Waals surface area contributed by atoms with E-state index >= 15 is 0 Å². The maximum absolute atomic E-state index is 13.7. The van der Waals surface area contributed by atoms with Crippen molar-refractivity contribution in [2.45, 2.75) is 25.7 Å². The predicted molar refractivity (Wildman–Crippen MR) is 70.0 cm³/mol. The van der Waals surface area contributed by atoms with Crippen LogP contribution in [-0.2, 0) is 9.53 Å². The number of nitrogens with zero attached hydrogens (tertiary/aromatic N) is 2. The number of pyridine rings is 1. The van der Waals surface area contributed by atoms with E-state index in [0.29, 0.717) is 25.7 Å². The average molecular weight is 280 g/mol. The molecule has 1 aromatic heterocycles. The highest BCUT2D eigenvalue weighted by Crippen LogP contribution is 2.32. The van der Waals surface area contributed by atoms with Crippen molar-refractivity contribution >= 4 is 11.7 Å². The minimum absolute atomic E-state index is 0.0801. The Balaban J connectivity index is 2.09. The molecule has 0 radical (unpaired) electrons. The SMILES string of the molecule is COC(=O)C1CCC(C(=NO)c2ncccc2F)CC1. The molecule has 6 heteroatoms. The molecule has 1 heterocycles. The van der Waals surface area contributed by atoms with Crippen molar-refractivity contribution < 1.29 is 19.1 Å². The molecule has 1 aliphatic rings. The van der Waals surface area contributed by atoms with Gasteiger partial charge in [0.25, 0.3) is 0 Å². The summed E-state index contributed by atoms with van der Waals surface area (Å²) in [6.07, 6.45) is 4.05. The Kier molecular flexibility index (Phi) is 4.65. The van der Waals surface area contributed by atoms with Gasteiger partial charge in [-0.1, -0.05) is 5.16 Å². The van der Waals surface area contributed by atoms with Crippen molar-refractivity contribution in [3.8, 4) is 0 Å². The summed E-state index contributed by atoms with van der Waals surface area (Å²) in [5.74, 6) is -0.930. The number of carbonyl (C=O) groups is 1. The smallest absolute Gasteiger partial charge is 0.308 e. The molecule has 0 unspecified atom stereocenters. The van der Waals surface area contributed by atoms with Crippen molar-refractivity contribution in [3.05, 3.63) is 29.8 Å². The molecule has 0 saturated heterocycles. The molecule has 0 spiro atoms. The van der Waals surface area contributed by atoms with Crippen molar-refractivity contribution in [1.82, 2.24) is 4.98 Å². The van der Waals surface area contributed by atoms with Gasteiger partial charge in [0, 0.05) is 12.1 Å². The molecule has 0 aromatic carbocycles. The van der Waals surface area contributed by atoms with Gasteiger partial charge < -0.3 is 9.94 Å². The second-order valence-corrected chi connectivity index (χ2v) is 4.89. The van der Waals surface area contributed by atoms with Crippen molar-refractivity contribution in [2.24, 2.45) is 17.0 Å². The second-order valence-electron chi connectivity index (χ2n) is 4.89. The van der Waals surface area contributed by atoms with Gasteiger partial charge in [0.1, 0.15) is 11.4 Å². The minimum Gasteiger partial charge on any atom is -0.469 e. The maximum Gasteiger partial charge on any atom is 0.308 e. The largest absolute Gasteiger partial charge is 0.469 e. The first kappa shape index (κ1) is 14.4. The predicted octanol–water partition coefficient (Wildman–Crippen LogP) is 2.38. The van der Waals surface area contributed by atoms with Crippen LogP contribution in [0.3, 0.4) is 0 Å². The van der Waals surface area contributed by atoms with Crippen LogP contribution in [0.5, 0.6) is 0 Å². The summed E-state index contributed by atoms with van der Waals surface area (Å²) in [4.78, 5) is 15.4. The summed E-state index contributed by atoms with van der Waals surface area (Å²) >= 11 is 0. The van der Waals surface area contributed by atoms with Gasteiger partial charge in [-0.3, -0.25) is 9.78 Å². The highest BCUT2D eigenvalue weighted by molar-refractivity contribution is 6.00. The molecule has 0 bridgehead atoms. The Morgan fingerprint density at radius 1 is 1.40 bits per heavy atom. The highest BCUT2D eigenvalue weighted by Gasteiger charge is 2.31. The van der Waals surface area contributed by atoms with E-state index in [0.717, 1.165) is 0 Å². The number of methoxy groups -OCH3 is 1. The molecule has 0 atom stereocenters. The standard InChI is InChI=1S/C14H17FN2O3/c1-20-14(18)10-6-4-9(5-7-10)12(17-19)13-11(15)3-2-8-16-13/h2-3,8-10,19H,4-7H2,1H3. The lowest BCUT2D eigenvalue weighted by Gasteiger charge is -2.27. The first-order valence-electron chi connectivity index (χ1n) is 6.58. The zero-order chi connectivity index (χ0) is 14.5. The van der Waals surface area contributed by atoms with E-state index in [-0.39, 0.29) is 29.2 Å². The van der Waals surface area contributed by atoms with E-state index in [1.165, 1.54) is 25.4 Å². The zero-order valence-electron chi connectivity index (χ0n) is 11.3. The van der Waals surface area contributed by atoms with Crippen molar-refractivity contribution in [2.75, 3.05) is 7.11 Å². The minimum atomic E-state index is -0.504. The summed E-state index contributed by atoms with van der Waals surface area (Å²) < 4.78 is 18.4. The Morgan fingerprint density at radius 2 is 2.05 bits per heavy atom. The lowest BCUT2D eigenvalue weighted by atomic mass is 9.79. The Bertz CT molecular complexity index is 511. The molecule has 1 fully saturated rings. The van der Waals surface area contributed by atoms with Crippen molar-refractivity contribution in [1.29, 1.82) is 0 Å². The van der Waals surface area contributed by atoms with Crippen LogP contribution in [0, 0.1) is 17.7 Å². The third-order valence-corrected chi connectivity index (χ3v) is 3.76. The fourth-order valence-corrected chi connectivity index (χ4v) is 2.67. The molecular weight excluding hydrogens is 263 g/mol. The van der Waals surface area contributed by atoms with Gasteiger partial charge in [0.15, 0.2) is 5.82 Å². The van der Waals surface area contributed by atoms with E-state index in [1.807, 2.05) is 0 Å². The van der Waals surface area contributed by atoms with Gasteiger partial charge in [0.2, 0.25) is 0 Å².